The quantitative estimate of drug-likeness (QED) is 0.606. The van der Waals surface area contributed by atoms with Crippen molar-refractivity contribution in [3.05, 3.63) is 40.5 Å². The molecule has 14 heavy (non-hydrogen) atoms. The van der Waals surface area contributed by atoms with Crippen LogP contribution in [0.4, 0.5) is 10.7 Å². The average molecular weight is 202 g/mol. The summed E-state index contributed by atoms with van der Waals surface area (Å²) < 4.78 is 0. The number of nitrogens with zero attached hydrogens (tertiary/aromatic N) is 1. The predicted octanol–water partition coefficient (Wildman–Crippen LogP) is 3.10. The van der Waals surface area contributed by atoms with Crippen LogP contribution < -0.4 is 5.32 Å². The molecular formula is C11H10N2S. The van der Waals surface area contributed by atoms with E-state index >= 15 is 0 Å². The molecule has 0 aliphatic carbocycles. The van der Waals surface area contributed by atoms with Gasteiger partial charge in [0.15, 0.2) is 0 Å². The number of thiazole rings is 1. The lowest BCUT2D eigenvalue weighted by atomic mass is 10.0. The van der Waals surface area contributed by atoms with E-state index in [0.717, 1.165) is 11.4 Å². The Kier molecular flexibility index (Phi) is 1.61. The molecule has 3 rings (SSSR count). The fraction of sp³-hybridized carbons (Fsp3) is 0.182. The topological polar surface area (TPSA) is 24.9 Å². The lowest BCUT2D eigenvalue weighted by Crippen LogP contribution is -2.04. The van der Waals surface area contributed by atoms with Gasteiger partial charge in [-0.25, -0.2) is 4.98 Å². The number of benzene rings is 1. The number of aromatic nitrogens is 1. The molecule has 1 aliphatic heterocycles. The van der Waals surface area contributed by atoms with Crippen LogP contribution >= 0.6 is 11.3 Å². The molecule has 3 heteroatoms. The molecule has 1 N–H and O–H groups in total. The van der Waals surface area contributed by atoms with Crippen LogP contribution in [0.15, 0.2) is 24.3 Å². The van der Waals surface area contributed by atoms with Crippen LogP contribution in [-0.4, -0.2) is 4.98 Å². The zero-order valence-corrected chi connectivity index (χ0v) is 8.69. The van der Waals surface area contributed by atoms with Gasteiger partial charge >= 0.3 is 0 Å². The minimum Gasteiger partial charge on any atom is -0.345 e. The summed E-state index contributed by atoms with van der Waals surface area (Å²) in [5, 5.41) is 5.76. The highest BCUT2D eigenvalue weighted by Crippen LogP contribution is 2.35. The van der Waals surface area contributed by atoms with Crippen LogP contribution in [0.5, 0.6) is 0 Å². The van der Waals surface area contributed by atoms with E-state index < -0.39 is 0 Å². The molecule has 1 aromatic heterocycles. The summed E-state index contributed by atoms with van der Waals surface area (Å²) in [6.45, 7) is 2.05. The summed E-state index contributed by atoms with van der Waals surface area (Å²) in [6, 6.07) is 8.41. The van der Waals surface area contributed by atoms with Gasteiger partial charge in [0, 0.05) is 12.1 Å². The van der Waals surface area contributed by atoms with Gasteiger partial charge in [-0.2, -0.15) is 0 Å². The van der Waals surface area contributed by atoms with E-state index in [1.807, 2.05) is 0 Å². The molecule has 2 heterocycles. The van der Waals surface area contributed by atoms with E-state index in [1.54, 1.807) is 11.3 Å². The van der Waals surface area contributed by atoms with Gasteiger partial charge in [-0.1, -0.05) is 18.2 Å². The summed E-state index contributed by atoms with van der Waals surface area (Å²) in [5.74, 6) is 0. The molecular weight excluding hydrogens is 192 g/mol. The number of nitrogens with one attached hydrogen (secondary N) is 1. The highest BCUT2D eigenvalue weighted by molar-refractivity contribution is 7.15. The van der Waals surface area contributed by atoms with Crippen molar-refractivity contribution in [2.45, 2.75) is 13.3 Å². The lowest BCUT2D eigenvalue weighted by molar-refractivity contribution is 1.07. The largest absolute Gasteiger partial charge is 0.345 e. The van der Waals surface area contributed by atoms with Crippen molar-refractivity contribution >= 4 is 22.0 Å². The van der Waals surface area contributed by atoms with Gasteiger partial charge in [0.2, 0.25) is 0 Å². The predicted molar refractivity (Wildman–Crippen MR) is 59.4 cm³/mol. The van der Waals surface area contributed by atoms with E-state index in [1.165, 1.54) is 21.9 Å². The van der Waals surface area contributed by atoms with E-state index in [0.29, 0.717) is 0 Å². The maximum Gasteiger partial charge on any atom is 0.117 e. The third-order valence-corrected chi connectivity index (χ3v) is 3.36. The third kappa shape index (κ3) is 1.13. The molecule has 1 aromatic carbocycles. The van der Waals surface area contributed by atoms with E-state index in [-0.39, 0.29) is 0 Å². The minimum absolute atomic E-state index is 0.961. The van der Waals surface area contributed by atoms with Crippen LogP contribution in [0.3, 0.4) is 0 Å². The molecule has 0 radical (unpaired) electrons. The molecule has 2 aromatic rings. The van der Waals surface area contributed by atoms with E-state index in [9.17, 15) is 0 Å². The van der Waals surface area contributed by atoms with Gasteiger partial charge in [-0.05, 0) is 18.6 Å². The molecule has 0 bridgehead atoms. The highest BCUT2D eigenvalue weighted by atomic mass is 32.1. The van der Waals surface area contributed by atoms with Crippen LogP contribution in [0.2, 0.25) is 0 Å². The highest BCUT2D eigenvalue weighted by Gasteiger charge is 2.17. The molecule has 0 atom stereocenters. The second kappa shape index (κ2) is 2.82. The van der Waals surface area contributed by atoms with Crippen molar-refractivity contribution in [1.29, 1.82) is 0 Å². The zero-order valence-electron chi connectivity index (χ0n) is 7.87. The van der Waals surface area contributed by atoms with Crippen LogP contribution in [0, 0.1) is 6.92 Å². The van der Waals surface area contributed by atoms with Crippen molar-refractivity contribution in [2.75, 3.05) is 5.32 Å². The number of hydrogen-bond acceptors (Lipinski definition) is 3. The first-order chi connectivity index (χ1) is 6.83. The Bertz CT molecular complexity index is 445. The first kappa shape index (κ1) is 8.00. The number of aryl methyl sites for hydroxylation is 1. The Morgan fingerprint density at radius 3 is 3.14 bits per heavy atom. The van der Waals surface area contributed by atoms with Gasteiger partial charge in [0.1, 0.15) is 5.00 Å². The maximum absolute atomic E-state index is 4.51. The van der Waals surface area contributed by atoms with Gasteiger partial charge < -0.3 is 5.32 Å². The monoisotopic (exact) mass is 202 g/mol. The molecule has 0 spiro atoms. The van der Waals surface area contributed by atoms with Gasteiger partial charge in [-0.15, -0.1) is 11.3 Å². The molecule has 2 nitrogen and oxygen atoms in total. The zero-order chi connectivity index (χ0) is 9.54. The standard InChI is InChI=1S/C11H10N2S/c1-7-12-10-6-8-4-2-3-5-9(8)13-11(10)14-7/h2-5,13H,6H2,1H3. The minimum atomic E-state index is 0.961. The molecule has 0 fully saturated rings. The number of rotatable bonds is 0. The van der Waals surface area contributed by atoms with Gasteiger partial charge in [0.25, 0.3) is 0 Å². The third-order valence-electron chi connectivity index (χ3n) is 2.43. The Labute approximate surface area is 86.6 Å². The Balaban J connectivity index is 2.12. The Morgan fingerprint density at radius 1 is 1.36 bits per heavy atom. The van der Waals surface area contributed by atoms with Crippen molar-refractivity contribution in [2.24, 2.45) is 0 Å². The van der Waals surface area contributed by atoms with Crippen molar-refractivity contribution in [3.63, 3.8) is 0 Å². The Hall–Kier alpha value is -1.35. The fourth-order valence-electron chi connectivity index (χ4n) is 1.79. The summed E-state index contributed by atoms with van der Waals surface area (Å²) in [5.41, 5.74) is 3.75. The maximum atomic E-state index is 4.51. The molecule has 1 aliphatic rings. The molecule has 0 amide bonds. The molecule has 70 valence electrons. The second-order valence-corrected chi connectivity index (χ2v) is 4.67. The Morgan fingerprint density at radius 2 is 2.21 bits per heavy atom. The summed E-state index contributed by atoms with van der Waals surface area (Å²) in [6.07, 6.45) is 0.961. The van der Waals surface area contributed by atoms with Crippen LogP contribution in [-0.2, 0) is 6.42 Å². The van der Waals surface area contributed by atoms with Crippen LogP contribution in [0.1, 0.15) is 16.3 Å². The molecule has 0 saturated heterocycles. The second-order valence-electron chi connectivity index (χ2n) is 3.47. The first-order valence-corrected chi connectivity index (χ1v) is 5.46. The SMILES string of the molecule is Cc1nc2c(s1)Nc1ccccc1C2. The summed E-state index contributed by atoms with van der Waals surface area (Å²) in [7, 11) is 0. The number of fused-ring (bicyclic) bond motifs is 2. The smallest absolute Gasteiger partial charge is 0.117 e. The lowest BCUT2D eigenvalue weighted by Gasteiger charge is -2.16. The number of hydrogen-bond donors (Lipinski definition) is 1. The van der Waals surface area contributed by atoms with E-state index in [2.05, 4.69) is 41.5 Å². The summed E-state index contributed by atoms with van der Waals surface area (Å²) in [4.78, 5) is 4.51. The van der Waals surface area contributed by atoms with Gasteiger partial charge in [0.05, 0.1) is 10.7 Å². The van der Waals surface area contributed by atoms with Crippen molar-refractivity contribution in [1.82, 2.24) is 4.98 Å². The van der Waals surface area contributed by atoms with Crippen molar-refractivity contribution in [3.8, 4) is 0 Å². The summed E-state index contributed by atoms with van der Waals surface area (Å²) >= 11 is 1.73. The average Bonchev–Trinajstić information content (AvgIpc) is 2.53. The normalized spacial score (nSPS) is 12.9. The number of para-hydroxylation sites is 1. The molecule has 0 saturated carbocycles. The first-order valence-electron chi connectivity index (χ1n) is 4.64. The molecule has 0 unspecified atom stereocenters. The fourth-order valence-corrected chi connectivity index (χ4v) is 2.63. The van der Waals surface area contributed by atoms with Crippen molar-refractivity contribution < 1.29 is 0 Å². The number of anilines is 2. The van der Waals surface area contributed by atoms with Gasteiger partial charge in [-0.3, -0.25) is 0 Å². The van der Waals surface area contributed by atoms with E-state index in [4.69, 9.17) is 0 Å². The van der Waals surface area contributed by atoms with Crippen LogP contribution in [0.25, 0.3) is 0 Å².